The van der Waals surface area contributed by atoms with Crippen LogP contribution in [-0.4, -0.2) is 27.4 Å². The number of amides is 1. The lowest BCUT2D eigenvalue weighted by molar-refractivity contribution is -0.123. The molecular formula is C11H20N4O. The third kappa shape index (κ3) is 4.00. The predicted molar refractivity (Wildman–Crippen MR) is 61.9 cm³/mol. The minimum absolute atomic E-state index is 0.0538. The number of hydrogen-bond donors (Lipinski definition) is 1. The standard InChI is InChI=1S/C11H20N4O/c1-4-10-8-15(14-13-10)7-5-6-12-11(16)9(2)3/h8-9H,4-7H2,1-3H3,(H,12,16). The van der Waals surface area contributed by atoms with Gasteiger partial charge < -0.3 is 5.32 Å². The summed E-state index contributed by atoms with van der Waals surface area (Å²) >= 11 is 0. The Kier molecular flexibility index (Phi) is 4.95. The van der Waals surface area contributed by atoms with Gasteiger partial charge >= 0.3 is 0 Å². The number of carbonyl (C=O) groups excluding carboxylic acids is 1. The van der Waals surface area contributed by atoms with Crippen molar-refractivity contribution in [2.45, 2.75) is 40.2 Å². The van der Waals surface area contributed by atoms with Crippen LogP contribution >= 0.6 is 0 Å². The minimum atomic E-state index is 0.0538. The highest BCUT2D eigenvalue weighted by Gasteiger charge is 2.05. The number of rotatable bonds is 6. The van der Waals surface area contributed by atoms with Crippen molar-refractivity contribution >= 4 is 5.91 Å². The first-order chi connectivity index (χ1) is 7.63. The van der Waals surface area contributed by atoms with Crippen molar-refractivity contribution in [3.63, 3.8) is 0 Å². The van der Waals surface area contributed by atoms with Gasteiger partial charge in [-0.1, -0.05) is 26.0 Å². The van der Waals surface area contributed by atoms with E-state index in [1.165, 1.54) is 0 Å². The van der Waals surface area contributed by atoms with Gasteiger partial charge in [-0.2, -0.15) is 0 Å². The Morgan fingerprint density at radius 1 is 1.56 bits per heavy atom. The van der Waals surface area contributed by atoms with Gasteiger partial charge in [0.15, 0.2) is 0 Å². The normalized spacial score (nSPS) is 10.8. The summed E-state index contributed by atoms with van der Waals surface area (Å²) in [6.45, 7) is 7.32. The number of nitrogens with one attached hydrogen (secondary N) is 1. The lowest BCUT2D eigenvalue weighted by Crippen LogP contribution is -2.29. The van der Waals surface area contributed by atoms with Gasteiger partial charge in [-0.05, 0) is 12.8 Å². The number of hydrogen-bond acceptors (Lipinski definition) is 3. The highest BCUT2D eigenvalue weighted by atomic mass is 16.1. The quantitative estimate of drug-likeness (QED) is 0.733. The molecule has 5 nitrogen and oxygen atoms in total. The molecule has 0 aliphatic carbocycles. The summed E-state index contributed by atoms with van der Waals surface area (Å²) in [4.78, 5) is 11.3. The summed E-state index contributed by atoms with van der Waals surface area (Å²) in [6.07, 6.45) is 3.74. The fourth-order valence-electron chi connectivity index (χ4n) is 1.27. The average Bonchev–Trinajstić information content (AvgIpc) is 2.71. The molecule has 1 N–H and O–H groups in total. The number of carbonyl (C=O) groups is 1. The van der Waals surface area contributed by atoms with Crippen LogP contribution in [0.3, 0.4) is 0 Å². The largest absolute Gasteiger partial charge is 0.356 e. The van der Waals surface area contributed by atoms with E-state index in [4.69, 9.17) is 0 Å². The van der Waals surface area contributed by atoms with Crippen LogP contribution in [0.25, 0.3) is 0 Å². The fourth-order valence-corrected chi connectivity index (χ4v) is 1.27. The molecule has 1 aromatic rings. The van der Waals surface area contributed by atoms with Crippen molar-refractivity contribution in [2.24, 2.45) is 5.92 Å². The Bertz CT molecular complexity index is 332. The van der Waals surface area contributed by atoms with E-state index in [-0.39, 0.29) is 11.8 Å². The van der Waals surface area contributed by atoms with Crippen LogP contribution in [0.2, 0.25) is 0 Å². The van der Waals surface area contributed by atoms with Crippen LogP contribution in [0.5, 0.6) is 0 Å². The lowest BCUT2D eigenvalue weighted by Gasteiger charge is -2.06. The van der Waals surface area contributed by atoms with Crippen LogP contribution < -0.4 is 5.32 Å². The number of aryl methyl sites for hydroxylation is 2. The molecule has 0 bridgehead atoms. The molecule has 5 heteroatoms. The first kappa shape index (κ1) is 12.7. The highest BCUT2D eigenvalue weighted by molar-refractivity contribution is 5.77. The van der Waals surface area contributed by atoms with Crippen LogP contribution in [-0.2, 0) is 17.8 Å². The van der Waals surface area contributed by atoms with Crippen molar-refractivity contribution in [3.05, 3.63) is 11.9 Å². The van der Waals surface area contributed by atoms with E-state index in [9.17, 15) is 4.79 Å². The van der Waals surface area contributed by atoms with Gasteiger partial charge in [0.2, 0.25) is 5.91 Å². The van der Waals surface area contributed by atoms with E-state index in [0.717, 1.165) is 25.1 Å². The summed E-state index contributed by atoms with van der Waals surface area (Å²) in [7, 11) is 0. The Hall–Kier alpha value is -1.39. The molecule has 0 unspecified atom stereocenters. The molecule has 1 aromatic heterocycles. The lowest BCUT2D eigenvalue weighted by atomic mass is 10.2. The minimum Gasteiger partial charge on any atom is -0.356 e. The van der Waals surface area contributed by atoms with Crippen molar-refractivity contribution < 1.29 is 4.79 Å². The van der Waals surface area contributed by atoms with E-state index in [1.807, 2.05) is 24.7 Å². The molecule has 1 heterocycles. The Labute approximate surface area is 96.2 Å². The molecule has 90 valence electrons. The topological polar surface area (TPSA) is 59.8 Å². The van der Waals surface area contributed by atoms with Gasteiger partial charge in [0.1, 0.15) is 0 Å². The van der Waals surface area contributed by atoms with Gasteiger partial charge in [-0.3, -0.25) is 9.48 Å². The molecule has 0 spiro atoms. The maximum atomic E-state index is 11.3. The van der Waals surface area contributed by atoms with E-state index < -0.39 is 0 Å². The van der Waals surface area contributed by atoms with E-state index in [1.54, 1.807) is 0 Å². The van der Waals surface area contributed by atoms with E-state index >= 15 is 0 Å². The molecule has 0 atom stereocenters. The summed E-state index contributed by atoms with van der Waals surface area (Å²) in [5.74, 6) is 0.158. The zero-order chi connectivity index (χ0) is 12.0. The molecule has 0 radical (unpaired) electrons. The number of nitrogens with zero attached hydrogens (tertiary/aromatic N) is 3. The molecule has 0 fully saturated rings. The maximum Gasteiger partial charge on any atom is 0.222 e. The van der Waals surface area contributed by atoms with Gasteiger partial charge in [0.05, 0.1) is 5.69 Å². The third-order valence-corrected chi connectivity index (χ3v) is 2.34. The second-order valence-electron chi connectivity index (χ2n) is 4.13. The van der Waals surface area contributed by atoms with Crippen LogP contribution in [0.1, 0.15) is 32.9 Å². The predicted octanol–water partition coefficient (Wildman–Crippen LogP) is 1.00. The summed E-state index contributed by atoms with van der Waals surface area (Å²) in [6, 6.07) is 0. The van der Waals surface area contributed by atoms with Crippen LogP contribution in [0.4, 0.5) is 0 Å². The van der Waals surface area contributed by atoms with Crippen molar-refractivity contribution in [1.29, 1.82) is 0 Å². The average molecular weight is 224 g/mol. The van der Waals surface area contributed by atoms with Gasteiger partial charge in [-0.15, -0.1) is 5.10 Å². The molecule has 0 aromatic carbocycles. The smallest absolute Gasteiger partial charge is 0.222 e. The van der Waals surface area contributed by atoms with Crippen LogP contribution in [0.15, 0.2) is 6.20 Å². The van der Waals surface area contributed by atoms with Crippen molar-refractivity contribution in [2.75, 3.05) is 6.54 Å². The Morgan fingerprint density at radius 3 is 2.88 bits per heavy atom. The molecule has 0 saturated carbocycles. The van der Waals surface area contributed by atoms with Crippen molar-refractivity contribution in [1.82, 2.24) is 20.3 Å². The van der Waals surface area contributed by atoms with Gasteiger partial charge in [0.25, 0.3) is 0 Å². The monoisotopic (exact) mass is 224 g/mol. The fraction of sp³-hybridized carbons (Fsp3) is 0.727. The van der Waals surface area contributed by atoms with Gasteiger partial charge in [-0.25, -0.2) is 0 Å². The summed E-state index contributed by atoms with van der Waals surface area (Å²) in [5, 5.41) is 10.9. The first-order valence-electron chi connectivity index (χ1n) is 5.80. The molecular weight excluding hydrogens is 204 g/mol. The zero-order valence-electron chi connectivity index (χ0n) is 10.2. The second-order valence-corrected chi connectivity index (χ2v) is 4.13. The summed E-state index contributed by atoms with van der Waals surface area (Å²) < 4.78 is 1.82. The molecule has 1 rings (SSSR count). The Morgan fingerprint density at radius 2 is 2.31 bits per heavy atom. The van der Waals surface area contributed by atoms with Gasteiger partial charge in [0, 0.05) is 25.2 Å². The van der Waals surface area contributed by atoms with Crippen LogP contribution in [0, 0.1) is 5.92 Å². The van der Waals surface area contributed by atoms with Crippen molar-refractivity contribution in [3.8, 4) is 0 Å². The zero-order valence-corrected chi connectivity index (χ0v) is 10.2. The second kappa shape index (κ2) is 6.25. The first-order valence-corrected chi connectivity index (χ1v) is 5.80. The molecule has 0 aliphatic heterocycles. The Balaban J connectivity index is 2.18. The highest BCUT2D eigenvalue weighted by Crippen LogP contribution is 1.95. The molecule has 16 heavy (non-hydrogen) atoms. The van der Waals surface area contributed by atoms with E-state index in [2.05, 4.69) is 22.6 Å². The SMILES string of the molecule is CCc1cn(CCCNC(=O)C(C)C)nn1. The third-order valence-electron chi connectivity index (χ3n) is 2.34. The maximum absolute atomic E-state index is 11.3. The summed E-state index contributed by atoms with van der Waals surface area (Å²) in [5.41, 5.74) is 1.01. The van der Waals surface area contributed by atoms with E-state index in [0.29, 0.717) is 6.54 Å². The molecule has 0 aliphatic rings. The molecule has 1 amide bonds. The number of aromatic nitrogens is 3. The molecule has 0 saturated heterocycles.